The maximum atomic E-state index is 12.4. The molecule has 0 aliphatic heterocycles. The lowest BCUT2D eigenvalue weighted by atomic mass is 10.2. The average Bonchev–Trinajstić information content (AvgIpc) is 3.05. The van der Waals surface area contributed by atoms with Crippen molar-refractivity contribution in [1.29, 1.82) is 0 Å². The van der Waals surface area contributed by atoms with Gasteiger partial charge >= 0.3 is 0 Å². The molecule has 0 radical (unpaired) electrons. The molecule has 9 heteroatoms. The highest BCUT2D eigenvalue weighted by Crippen LogP contribution is 2.32. The summed E-state index contributed by atoms with van der Waals surface area (Å²) in [6, 6.07) is 9.94. The number of halogens is 4. The fraction of sp³-hybridized carbons (Fsp3) is 0.111. The van der Waals surface area contributed by atoms with E-state index in [2.05, 4.69) is 10.3 Å². The molecule has 0 aliphatic rings. The van der Waals surface area contributed by atoms with Crippen molar-refractivity contribution in [3.63, 3.8) is 0 Å². The Balaban J connectivity index is 1.68. The molecule has 140 valence electrons. The van der Waals surface area contributed by atoms with Crippen molar-refractivity contribution >= 4 is 68.8 Å². The van der Waals surface area contributed by atoms with Gasteiger partial charge in [-0.1, -0.05) is 46.4 Å². The number of aromatic nitrogens is 1. The molecule has 1 atom stereocenters. The summed E-state index contributed by atoms with van der Waals surface area (Å²) in [5, 5.41) is 6.79. The van der Waals surface area contributed by atoms with Crippen LogP contribution in [0, 0.1) is 0 Å². The summed E-state index contributed by atoms with van der Waals surface area (Å²) in [7, 11) is 0. The molecule has 1 amide bonds. The van der Waals surface area contributed by atoms with Gasteiger partial charge in [-0.3, -0.25) is 10.1 Å². The zero-order valence-electron chi connectivity index (χ0n) is 13.8. The zero-order chi connectivity index (χ0) is 19.6. The van der Waals surface area contributed by atoms with Gasteiger partial charge in [-0.05, 0) is 43.3 Å². The van der Waals surface area contributed by atoms with Gasteiger partial charge in [0.05, 0.1) is 15.7 Å². The highest BCUT2D eigenvalue weighted by molar-refractivity contribution is 7.14. The van der Waals surface area contributed by atoms with E-state index in [1.807, 2.05) is 0 Å². The first-order valence-electron chi connectivity index (χ1n) is 7.67. The van der Waals surface area contributed by atoms with Crippen LogP contribution in [0.15, 0.2) is 41.8 Å². The first kappa shape index (κ1) is 20.2. The molecule has 1 aromatic heterocycles. The average molecular weight is 462 g/mol. The van der Waals surface area contributed by atoms with Crippen molar-refractivity contribution in [2.75, 3.05) is 5.32 Å². The zero-order valence-corrected chi connectivity index (χ0v) is 17.6. The van der Waals surface area contributed by atoms with E-state index in [0.717, 1.165) is 5.56 Å². The Morgan fingerprint density at radius 1 is 1.07 bits per heavy atom. The summed E-state index contributed by atoms with van der Waals surface area (Å²) in [6.45, 7) is 1.62. The topological polar surface area (TPSA) is 51.2 Å². The smallest absolute Gasteiger partial charge is 0.266 e. The molecule has 3 rings (SSSR count). The minimum Gasteiger partial charge on any atom is -0.479 e. The largest absolute Gasteiger partial charge is 0.479 e. The van der Waals surface area contributed by atoms with Crippen LogP contribution in [0.4, 0.5) is 5.13 Å². The van der Waals surface area contributed by atoms with Gasteiger partial charge in [0, 0.05) is 21.0 Å². The third-order valence-corrected chi connectivity index (χ3v) is 5.34. The molecule has 3 aromatic rings. The first-order valence-corrected chi connectivity index (χ1v) is 10.1. The van der Waals surface area contributed by atoms with Crippen LogP contribution in [0.3, 0.4) is 0 Å². The van der Waals surface area contributed by atoms with Gasteiger partial charge in [0.1, 0.15) is 5.75 Å². The second kappa shape index (κ2) is 8.67. The monoisotopic (exact) mass is 460 g/mol. The molecule has 0 fully saturated rings. The van der Waals surface area contributed by atoms with E-state index in [1.165, 1.54) is 11.3 Å². The van der Waals surface area contributed by atoms with Crippen LogP contribution in [-0.2, 0) is 4.79 Å². The number of carbonyl (C=O) groups excluding carboxylic acids is 1. The lowest BCUT2D eigenvalue weighted by molar-refractivity contribution is -0.122. The number of nitrogens with one attached hydrogen (secondary N) is 1. The Hall–Kier alpha value is -1.50. The van der Waals surface area contributed by atoms with Crippen molar-refractivity contribution in [3.05, 3.63) is 61.9 Å². The van der Waals surface area contributed by atoms with Crippen LogP contribution >= 0.6 is 57.7 Å². The van der Waals surface area contributed by atoms with Crippen LogP contribution in [0.2, 0.25) is 20.1 Å². The van der Waals surface area contributed by atoms with Crippen LogP contribution in [0.1, 0.15) is 6.92 Å². The van der Waals surface area contributed by atoms with Gasteiger partial charge in [0.2, 0.25) is 0 Å². The Morgan fingerprint density at radius 2 is 1.74 bits per heavy atom. The number of hydrogen-bond acceptors (Lipinski definition) is 4. The molecule has 4 nitrogen and oxygen atoms in total. The molecule has 1 heterocycles. The molecule has 27 heavy (non-hydrogen) atoms. The molecule has 1 N–H and O–H groups in total. The summed E-state index contributed by atoms with van der Waals surface area (Å²) in [5.41, 5.74) is 1.38. The van der Waals surface area contributed by atoms with Crippen molar-refractivity contribution in [2.45, 2.75) is 13.0 Å². The van der Waals surface area contributed by atoms with Gasteiger partial charge in [0.15, 0.2) is 11.2 Å². The summed E-state index contributed by atoms with van der Waals surface area (Å²) in [5.74, 6) is 0.0145. The van der Waals surface area contributed by atoms with Crippen LogP contribution in [-0.4, -0.2) is 17.0 Å². The number of ether oxygens (including phenoxy) is 1. The van der Waals surface area contributed by atoms with Crippen molar-refractivity contribution in [3.8, 4) is 17.0 Å². The second-order valence-electron chi connectivity index (χ2n) is 5.49. The minimum absolute atomic E-state index is 0.330. The summed E-state index contributed by atoms with van der Waals surface area (Å²) < 4.78 is 5.60. The quantitative estimate of drug-likeness (QED) is 0.452. The standard InChI is InChI=1S/C18H12Cl4N2O2S/c1-9(26-16-5-3-11(20)7-14(16)22)17(25)24-18-23-15(8-27-18)12-4-2-10(19)6-13(12)21/h2-9H,1H3,(H,23,24,25). The van der Waals surface area contributed by atoms with Gasteiger partial charge in [0.25, 0.3) is 5.91 Å². The van der Waals surface area contributed by atoms with E-state index in [4.69, 9.17) is 51.1 Å². The normalized spacial score (nSPS) is 11.9. The molecular formula is C18H12Cl4N2O2S. The van der Waals surface area contributed by atoms with E-state index < -0.39 is 6.10 Å². The fourth-order valence-electron chi connectivity index (χ4n) is 2.17. The predicted molar refractivity (Wildman–Crippen MR) is 113 cm³/mol. The van der Waals surface area contributed by atoms with E-state index in [-0.39, 0.29) is 5.91 Å². The number of carbonyl (C=O) groups is 1. The minimum atomic E-state index is -0.782. The third kappa shape index (κ3) is 5.06. The number of amides is 1. The molecule has 0 saturated heterocycles. The molecule has 0 bridgehead atoms. The van der Waals surface area contributed by atoms with Crippen LogP contribution < -0.4 is 10.1 Å². The number of benzene rings is 2. The lowest BCUT2D eigenvalue weighted by Gasteiger charge is -2.14. The Labute approximate surface area is 180 Å². The first-order chi connectivity index (χ1) is 12.8. The van der Waals surface area contributed by atoms with Gasteiger partial charge < -0.3 is 4.74 Å². The summed E-state index contributed by atoms with van der Waals surface area (Å²) in [4.78, 5) is 16.8. The highest BCUT2D eigenvalue weighted by atomic mass is 35.5. The van der Waals surface area contributed by atoms with Crippen molar-refractivity contribution in [2.24, 2.45) is 0 Å². The van der Waals surface area contributed by atoms with Gasteiger partial charge in [-0.2, -0.15) is 0 Å². The van der Waals surface area contributed by atoms with Crippen LogP contribution in [0.5, 0.6) is 5.75 Å². The number of rotatable bonds is 5. The molecule has 0 saturated carbocycles. The van der Waals surface area contributed by atoms with E-state index >= 15 is 0 Å². The maximum Gasteiger partial charge on any atom is 0.266 e. The molecule has 0 spiro atoms. The van der Waals surface area contributed by atoms with Crippen molar-refractivity contribution in [1.82, 2.24) is 4.98 Å². The SMILES string of the molecule is CC(Oc1ccc(Cl)cc1Cl)C(=O)Nc1nc(-c2ccc(Cl)cc2Cl)cs1. The Bertz CT molecular complexity index is 993. The molecule has 2 aromatic carbocycles. The summed E-state index contributed by atoms with van der Waals surface area (Å²) in [6.07, 6.45) is -0.782. The molecular weight excluding hydrogens is 450 g/mol. The predicted octanol–water partition coefficient (Wildman–Crippen LogP) is 6.83. The number of hydrogen-bond donors (Lipinski definition) is 1. The maximum absolute atomic E-state index is 12.4. The fourth-order valence-corrected chi connectivity index (χ4v) is 3.85. The van der Waals surface area contributed by atoms with Crippen molar-refractivity contribution < 1.29 is 9.53 Å². The molecule has 0 aliphatic carbocycles. The Kier molecular flexibility index (Phi) is 6.50. The number of thiazole rings is 1. The highest BCUT2D eigenvalue weighted by Gasteiger charge is 2.18. The summed E-state index contributed by atoms with van der Waals surface area (Å²) >= 11 is 25.3. The van der Waals surface area contributed by atoms with Crippen LogP contribution in [0.25, 0.3) is 11.3 Å². The van der Waals surface area contributed by atoms with Gasteiger partial charge in [-0.25, -0.2) is 4.98 Å². The number of nitrogens with zero attached hydrogens (tertiary/aromatic N) is 1. The van der Waals surface area contributed by atoms with Gasteiger partial charge in [-0.15, -0.1) is 11.3 Å². The molecule has 1 unspecified atom stereocenters. The number of anilines is 1. The van der Waals surface area contributed by atoms with E-state index in [1.54, 1.807) is 48.7 Å². The van der Waals surface area contributed by atoms with E-state index in [0.29, 0.717) is 36.7 Å². The van der Waals surface area contributed by atoms with E-state index in [9.17, 15) is 4.79 Å². The third-order valence-electron chi connectivity index (χ3n) is 3.51. The Morgan fingerprint density at radius 3 is 2.41 bits per heavy atom. The second-order valence-corrected chi connectivity index (χ2v) is 8.03. The lowest BCUT2D eigenvalue weighted by Crippen LogP contribution is -2.30.